The van der Waals surface area contributed by atoms with E-state index >= 15 is 0 Å². The summed E-state index contributed by atoms with van der Waals surface area (Å²) in [6.45, 7) is 0. The van der Waals surface area contributed by atoms with Gasteiger partial charge < -0.3 is 11.5 Å². The van der Waals surface area contributed by atoms with Crippen molar-refractivity contribution in [3.05, 3.63) is 70.0 Å². The summed E-state index contributed by atoms with van der Waals surface area (Å²) in [6.07, 6.45) is 0.413. The first-order valence-electron chi connectivity index (χ1n) is 7.11. The molecule has 0 bridgehead atoms. The Morgan fingerprint density at radius 3 is 2.46 bits per heavy atom. The molecule has 0 aliphatic rings. The molecule has 2 aromatic carbocycles. The predicted octanol–water partition coefficient (Wildman–Crippen LogP) is 2.03. The van der Waals surface area contributed by atoms with E-state index in [1.54, 1.807) is 12.1 Å². The van der Waals surface area contributed by atoms with Crippen molar-refractivity contribution in [1.82, 2.24) is 9.97 Å². The number of rotatable bonds is 4. The first-order chi connectivity index (χ1) is 11.5. The molecule has 4 N–H and O–H groups in total. The van der Waals surface area contributed by atoms with Crippen LogP contribution in [0.1, 0.15) is 11.4 Å². The number of hydrogen-bond acceptors (Lipinski definition) is 5. The van der Waals surface area contributed by atoms with E-state index in [2.05, 4.69) is 15.0 Å². The molecule has 1 aromatic heterocycles. The largest absolute Gasteiger partial charge is 0.370 e. The maximum Gasteiger partial charge on any atom is 0.269 e. The zero-order valence-electron chi connectivity index (χ0n) is 12.6. The maximum atomic E-state index is 10.7. The highest BCUT2D eigenvalue weighted by Crippen LogP contribution is 2.23. The molecule has 0 saturated carbocycles. The van der Waals surface area contributed by atoms with Crippen LogP contribution in [0.5, 0.6) is 0 Å². The van der Waals surface area contributed by atoms with Crippen LogP contribution in [0.25, 0.3) is 10.9 Å². The Bertz CT molecular complexity index is 933. The van der Waals surface area contributed by atoms with Crippen molar-refractivity contribution in [3.8, 4) is 0 Å². The summed E-state index contributed by atoms with van der Waals surface area (Å²) >= 11 is 0. The number of para-hydroxylation sites is 1. The molecule has 0 spiro atoms. The molecule has 1 heterocycles. The number of nitrogens with zero attached hydrogens (tertiary/aromatic N) is 4. The van der Waals surface area contributed by atoms with E-state index in [1.807, 2.05) is 24.3 Å². The van der Waals surface area contributed by atoms with E-state index in [1.165, 1.54) is 12.1 Å². The second-order valence-electron chi connectivity index (χ2n) is 5.12. The highest BCUT2D eigenvalue weighted by molar-refractivity contribution is 5.91. The van der Waals surface area contributed by atoms with Gasteiger partial charge in [0.15, 0.2) is 11.8 Å². The molecule has 0 amide bonds. The van der Waals surface area contributed by atoms with Gasteiger partial charge in [-0.3, -0.25) is 10.1 Å². The van der Waals surface area contributed by atoms with Gasteiger partial charge in [-0.15, -0.1) is 0 Å². The van der Waals surface area contributed by atoms with Gasteiger partial charge in [-0.2, -0.15) is 4.99 Å². The highest BCUT2D eigenvalue weighted by atomic mass is 16.6. The van der Waals surface area contributed by atoms with Crippen LogP contribution < -0.4 is 11.5 Å². The molecule has 8 heteroatoms. The number of guanidine groups is 1. The lowest BCUT2D eigenvalue weighted by Crippen LogP contribution is -2.22. The summed E-state index contributed by atoms with van der Waals surface area (Å²) in [6, 6.07) is 13.7. The molecule has 0 unspecified atom stereocenters. The van der Waals surface area contributed by atoms with Crippen molar-refractivity contribution in [2.45, 2.75) is 6.42 Å². The molecule has 0 aliphatic heterocycles. The maximum absolute atomic E-state index is 10.7. The Morgan fingerprint density at radius 1 is 1.08 bits per heavy atom. The third-order valence-electron chi connectivity index (χ3n) is 3.37. The van der Waals surface area contributed by atoms with Gasteiger partial charge in [-0.25, -0.2) is 9.97 Å². The lowest BCUT2D eigenvalue weighted by Gasteiger charge is -2.06. The lowest BCUT2D eigenvalue weighted by molar-refractivity contribution is -0.384. The van der Waals surface area contributed by atoms with Crippen molar-refractivity contribution in [2.24, 2.45) is 16.5 Å². The number of nitrogens with two attached hydrogens (primary N) is 2. The summed E-state index contributed by atoms with van der Waals surface area (Å²) in [4.78, 5) is 23.2. The van der Waals surface area contributed by atoms with E-state index in [0.717, 1.165) is 16.5 Å². The van der Waals surface area contributed by atoms with Crippen LogP contribution in [0.4, 0.5) is 11.5 Å². The topological polar surface area (TPSA) is 133 Å². The minimum Gasteiger partial charge on any atom is -0.370 e. The van der Waals surface area contributed by atoms with E-state index in [-0.39, 0.29) is 11.6 Å². The number of nitro groups is 1. The monoisotopic (exact) mass is 322 g/mol. The van der Waals surface area contributed by atoms with Crippen molar-refractivity contribution >= 4 is 28.4 Å². The van der Waals surface area contributed by atoms with E-state index < -0.39 is 4.92 Å². The molecular weight excluding hydrogens is 308 g/mol. The number of fused-ring (bicyclic) bond motifs is 1. The third-order valence-corrected chi connectivity index (χ3v) is 3.37. The van der Waals surface area contributed by atoms with Crippen LogP contribution in [0.3, 0.4) is 0 Å². The summed E-state index contributed by atoms with van der Waals surface area (Å²) < 4.78 is 0. The molecule has 0 saturated heterocycles. The zero-order chi connectivity index (χ0) is 17.1. The normalized spacial score (nSPS) is 10.5. The van der Waals surface area contributed by atoms with E-state index in [4.69, 9.17) is 11.5 Å². The first-order valence-corrected chi connectivity index (χ1v) is 7.11. The fourth-order valence-corrected chi connectivity index (χ4v) is 2.31. The number of aromatic nitrogens is 2. The van der Waals surface area contributed by atoms with Crippen LogP contribution in [-0.4, -0.2) is 20.9 Å². The van der Waals surface area contributed by atoms with Gasteiger partial charge in [-0.05, 0) is 17.7 Å². The van der Waals surface area contributed by atoms with Crippen molar-refractivity contribution < 1.29 is 4.92 Å². The summed E-state index contributed by atoms with van der Waals surface area (Å²) in [5.41, 5.74) is 12.6. The number of non-ortho nitro benzene ring substituents is 1. The molecule has 0 atom stereocenters. The standard InChI is InChI=1S/C16H14N6O2/c17-16(18)21-15-12-3-1-2-4-13(12)19-14(20-15)9-10-5-7-11(8-6-10)22(23)24/h1-8H,9H2,(H4,17,18,19,20,21). The van der Waals surface area contributed by atoms with Gasteiger partial charge in [-0.1, -0.05) is 24.3 Å². The summed E-state index contributed by atoms with van der Waals surface area (Å²) in [7, 11) is 0. The van der Waals surface area contributed by atoms with Crippen LogP contribution in [0.2, 0.25) is 0 Å². The van der Waals surface area contributed by atoms with Crippen LogP contribution in [0.15, 0.2) is 53.5 Å². The zero-order valence-corrected chi connectivity index (χ0v) is 12.6. The summed E-state index contributed by atoms with van der Waals surface area (Å²) in [5.74, 6) is 0.847. The van der Waals surface area contributed by atoms with Crippen LogP contribution in [0, 0.1) is 10.1 Å². The molecule has 8 nitrogen and oxygen atoms in total. The van der Waals surface area contributed by atoms with Crippen molar-refractivity contribution in [2.75, 3.05) is 0 Å². The molecule has 120 valence electrons. The van der Waals surface area contributed by atoms with Gasteiger partial charge in [0.1, 0.15) is 5.82 Å². The molecule has 3 aromatic rings. The SMILES string of the molecule is NC(N)=Nc1nc(Cc2ccc([N+](=O)[O-])cc2)nc2ccccc12. The van der Waals surface area contributed by atoms with Gasteiger partial charge in [0.25, 0.3) is 5.69 Å². The van der Waals surface area contributed by atoms with Gasteiger partial charge in [0.2, 0.25) is 0 Å². The Labute approximate surface area is 137 Å². The Morgan fingerprint density at radius 2 is 1.79 bits per heavy atom. The number of nitro benzene ring substituents is 1. The minimum atomic E-state index is -0.437. The second kappa shape index (κ2) is 6.29. The first kappa shape index (κ1) is 15.3. The quantitative estimate of drug-likeness (QED) is 0.327. The van der Waals surface area contributed by atoms with Gasteiger partial charge >= 0.3 is 0 Å². The Hall–Kier alpha value is -3.55. The average Bonchev–Trinajstić information content (AvgIpc) is 2.55. The predicted molar refractivity (Wildman–Crippen MR) is 90.9 cm³/mol. The smallest absolute Gasteiger partial charge is 0.269 e. The fourth-order valence-electron chi connectivity index (χ4n) is 2.31. The van der Waals surface area contributed by atoms with E-state index in [0.29, 0.717) is 18.1 Å². The average molecular weight is 322 g/mol. The summed E-state index contributed by atoms with van der Waals surface area (Å²) in [5, 5.41) is 11.5. The van der Waals surface area contributed by atoms with Crippen LogP contribution >= 0.6 is 0 Å². The van der Waals surface area contributed by atoms with Gasteiger partial charge in [0, 0.05) is 23.9 Å². The highest BCUT2D eigenvalue weighted by Gasteiger charge is 2.09. The van der Waals surface area contributed by atoms with E-state index in [9.17, 15) is 10.1 Å². The molecular formula is C16H14N6O2. The lowest BCUT2D eigenvalue weighted by atomic mass is 10.1. The molecule has 3 rings (SSSR count). The number of aliphatic imine (C=N–C) groups is 1. The van der Waals surface area contributed by atoms with Gasteiger partial charge in [0.05, 0.1) is 10.4 Å². The van der Waals surface area contributed by atoms with Crippen LogP contribution in [-0.2, 0) is 6.42 Å². The molecule has 24 heavy (non-hydrogen) atoms. The fraction of sp³-hybridized carbons (Fsp3) is 0.0625. The van der Waals surface area contributed by atoms with Crippen molar-refractivity contribution in [3.63, 3.8) is 0 Å². The Kier molecular flexibility index (Phi) is 4.02. The second-order valence-corrected chi connectivity index (χ2v) is 5.12. The minimum absolute atomic E-state index is 0.0411. The molecule has 0 fully saturated rings. The number of hydrogen-bond donors (Lipinski definition) is 2. The third kappa shape index (κ3) is 3.27. The van der Waals surface area contributed by atoms with Crippen molar-refractivity contribution in [1.29, 1.82) is 0 Å². The molecule has 0 radical (unpaired) electrons. The number of benzene rings is 2. The Balaban J connectivity index is 2.00. The molecule has 0 aliphatic carbocycles.